The van der Waals surface area contributed by atoms with Crippen molar-refractivity contribution in [3.63, 3.8) is 0 Å². The fourth-order valence-electron chi connectivity index (χ4n) is 5.25. The van der Waals surface area contributed by atoms with E-state index in [1.165, 1.54) is 4.90 Å². The van der Waals surface area contributed by atoms with Crippen molar-refractivity contribution in [3.8, 4) is 0 Å². The minimum absolute atomic E-state index is 0.139. The molecule has 2 fully saturated rings. The Balaban J connectivity index is 1.64. The van der Waals surface area contributed by atoms with Gasteiger partial charge in [-0.25, -0.2) is 13.6 Å². The van der Waals surface area contributed by atoms with Crippen LogP contribution in [0.2, 0.25) is 5.02 Å². The van der Waals surface area contributed by atoms with Gasteiger partial charge in [0.25, 0.3) is 5.92 Å². The molecule has 1 aromatic rings. The number of rotatable bonds is 6. The standard InChI is InChI=1S/C26H35ClF2N2O2/c1-24(2,3)8-7-17-5-6-19(11-22(17)27)25(4)21(18-9-16(10-18)15-32)14-31(23(33)30-25)20-12-26(28,29)13-20/h5-6,11,14,16,18,20,32H,7-10,12-13,15H2,1-4H3,(H,30,33)/t16-,18+,25-/m0/s1. The van der Waals surface area contributed by atoms with E-state index in [0.717, 1.165) is 42.4 Å². The second-order valence-corrected chi connectivity index (χ2v) is 12.0. The molecule has 33 heavy (non-hydrogen) atoms. The van der Waals surface area contributed by atoms with Gasteiger partial charge in [-0.05, 0) is 72.6 Å². The quantitative estimate of drug-likeness (QED) is 0.505. The lowest BCUT2D eigenvalue weighted by Crippen LogP contribution is -2.61. The van der Waals surface area contributed by atoms with Gasteiger partial charge in [-0.15, -0.1) is 0 Å². The van der Waals surface area contributed by atoms with Crippen LogP contribution in [0.25, 0.3) is 0 Å². The number of nitrogens with zero attached hydrogens (tertiary/aromatic N) is 1. The number of nitrogens with one attached hydrogen (secondary N) is 1. The van der Waals surface area contributed by atoms with Crippen molar-refractivity contribution >= 4 is 17.6 Å². The monoisotopic (exact) mass is 480 g/mol. The van der Waals surface area contributed by atoms with E-state index in [1.807, 2.05) is 25.1 Å². The van der Waals surface area contributed by atoms with Crippen molar-refractivity contribution in [2.75, 3.05) is 6.61 Å². The first-order chi connectivity index (χ1) is 15.3. The molecular formula is C26H35ClF2N2O2. The van der Waals surface area contributed by atoms with Gasteiger partial charge in [-0.1, -0.05) is 44.5 Å². The third kappa shape index (κ3) is 4.93. The fourth-order valence-corrected chi connectivity index (χ4v) is 5.52. The van der Waals surface area contributed by atoms with Crippen LogP contribution < -0.4 is 5.32 Å². The van der Waals surface area contributed by atoms with Gasteiger partial charge >= 0.3 is 6.03 Å². The number of aryl methyl sites for hydroxylation is 1. The molecule has 1 aromatic carbocycles. The Hall–Kier alpha value is -1.66. The van der Waals surface area contributed by atoms with Gasteiger partial charge in [0, 0.05) is 36.7 Å². The van der Waals surface area contributed by atoms with Crippen LogP contribution in [0.1, 0.15) is 70.9 Å². The molecule has 0 aromatic heterocycles. The number of hydrogen-bond acceptors (Lipinski definition) is 2. The van der Waals surface area contributed by atoms with Gasteiger partial charge in [0.1, 0.15) is 0 Å². The third-order valence-electron chi connectivity index (χ3n) is 7.62. The number of amides is 2. The third-order valence-corrected chi connectivity index (χ3v) is 7.97. The summed E-state index contributed by atoms with van der Waals surface area (Å²) in [6.07, 6.45) is 4.71. The van der Waals surface area contributed by atoms with Gasteiger partial charge in [0.15, 0.2) is 0 Å². The zero-order chi connectivity index (χ0) is 24.2. The molecule has 2 saturated carbocycles. The number of hydrogen-bond donors (Lipinski definition) is 2. The molecule has 0 bridgehead atoms. The average Bonchev–Trinajstić information content (AvgIpc) is 2.65. The minimum Gasteiger partial charge on any atom is -0.396 e. The van der Waals surface area contributed by atoms with E-state index in [0.29, 0.717) is 5.02 Å². The zero-order valence-electron chi connectivity index (χ0n) is 19.9. The highest BCUT2D eigenvalue weighted by molar-refractivity contribution is 6.31. The Morgan fingerprint density at radius 1 is 1.24 bits per heavy atom. The van der Waals surface area contributed by atoms with Gasteiger partial charge in [-0.2, -0.15) is 0 Å². The van der Waals surface area contributed by atoms with Crippen molar-refractivity contribution in [1.82, 2.24) is 10.2 Å². The Kier molecular flexibility index (Phi) is 6.32. The van der Waals surface area contributed by atoms with E-state index < -0.39 is 17.5 Å². The first-order valence-corrected chi connectivity index (χ1v) is 12.3. The fraction of sp³-hybridized carbons (Fsp3) is 0.654. The predicted molar refractivity (Wildman–Crippen MR) is 126 cm³/mol. The van der Waals surface area contributed by atoms with Crippen LogP contribution in [0.4, 0.5) is 13.6 Å². The second kappa shape index (κ2) is 8.53. The van der Waals surface area contributed by atoms with E-state index in [4.69, 9.17) is 11.6 Å². The van der Waals surface area contributed by atoms with Crippen molar-refractivity contribution in [3.05, 3.63) is 46.1 Å². The molecule has 3 aliphatic rings. The molecule has 4 rings (SSSR count). The number of urea groups is 1. The van der Waals surface area contributed by atoms with Gasteiger partial charge in [0.05, 0.1) is 5.54 Å². The minimum atomic E-state index is -2.70. The van der Waals surface area contributed by atoms with Crippen molar-refractivity contribution in [2.24, 2.45) is 17.3 Å². The van der Waals surface area contributed by atoms with Crippen LogP contribution in [0.5, 0.6) is 0 Å². The zero-order valence-corrected chi connectivity index (χ0v) is 20.7. The lowest BCUT2D eigenvalue weighted by molar-refractivity contribution is -0.109. The lowest BCUT2D eigenvalue weighted by Gasteiger charge is -2.50. The molecule has 182 valence electrons. The number of aliphatic hydroxyl groups excluding tert-OH is 1. The molecule has 0 spiro atoms. The van der Waals surface area contributed by atoms with Gasteiger partial charge in [0.2, 0.25) is 0 Å². The summed E-state index contributed by atoms with van der Waals surface area (Å²) in [4.78, 5) is 14.5. The van der Waals surface area contributed by atoms with Crippen LogP contribution in [0.3, 0.4) is 0 Å². The Morgan fingerprint density at radius 3 is 2.45 bits per heavy atom. The van der Waals surface area contributed by atoms with Crippen LogP contribution in [-0.4, -0.2) is 34.6 Å². The van der Waals surface area contributed by atoms with Gasteiger partial charge in [-0.3, -0.25) is 4.90 Å². The summed E-state index contributed by atoms with van der Waals surface area (Å²) < 4.78 is 27.0. The topological polar surface area (TPSA) is 52.6 Å². The normalized spacial score (nSPS) is 29.8. The summed E-state index contributed by atoms with van der Waals surface area (Å²) in [5, 5.41) is 13.3. The summed E-state index contributed by atoms with van der Waals surface area (Å²) in [6, 6.07) is 5.15. The largest absolute Gasteiger partial charge is 0.396 e. The molecule has 1 aliphatic heterocycles. The maximum Gasteiger partial charge on any atom is 0.322 e. The van der Waals surface area contributed by atoms with E-state index in [2.05, 4.69) is 26.1 Å². The number of carbonyl (C=O) groups excluding carboxylic acids is 1. The number of carbonyl (C=O) groups is 1. The number of halogens is 3. The summed E-state index contributed by atoms with van der Waals surface area (Å²) in [5.74, 6) is -2.29. The predicted octanol–water partition coefficient (Wildman–Crippen LogP) is 6.26. The molecule has 2 N–H and O–H groups in total. The molecule has 0 radical (unpaired) electrons. The number of aliphatic hydroxyl groups is 1. The highest BCUT2D eigenvalue weighted by Crippen LogP contribution is 2.49. The average molecular weight is 481 g/mol. The van der Waals surface area contributed by atoms with Crippen LogP contribution in [0, 0.1) is 17.3 Å². The summed E-state index contributed by atoms with van der Waals surface area (Å²) in [5.41, 5.74) is 2.39. The highest BCUT2D eigenvalue weighted by Gasteiger charge is 2.52. The Morgan fingerprint density at radius 2 is 1.91 bits per heavy atom. The molecule has 0 unspecified atom stereocenters. The smallest absolute Gasteiger partial charge is 0.322 e. The molecule has 1 atom stereocenters. The first-order valence-electron chi connectivity index (χ1n) is 11.9. The van der Waals surface area contributed by atoms with Crippen molar-refractivity contribution in [1.29, 1.82) is 0 Å². The maximum absolute atomic E-state index is 13.5. The molecule has 7 heteroatoms. The molecular weight excluding hydrogens is 446 g/mol. The van der Waals surface area contributed by atoms with Crippen LogP contribution in [0.15, 0.2) is 30.0 Å². The van der Waals surface area contributed by atoms with Crippen LogP contribution in [-0.2, 0) is 12.0 Å². The number of benzene rings is 1. The summed E-state index contributed by atoms with van der Waals surface area (Å²) in [6.45, 7) is 8.71. The SMILES string of the molecule is CC(C)(C)CCc1ccc([C@]2(C)NC(=O)N(C3CC(F)(F)C3)C=C2[C@H]2C[C@@H](CO)C2)cc1Cl. The maximum atomic E-state index is 13.5. The lowest BCUT2D eigenvalue weighted by atomic mass is 9.65. The molecule has 1 heterocycles. The second-order valence-electron chi connectivity index (χ2n) is 11.5. The Labute approximate surface area is 200 Å². The van der Waals surface area contributed by atoms with E-state index in [9.17, 15) is 18.7 Å². The van der Waals surface area contributed by atoms with E-state index in [-0.39, 0.29) is 42.7 Å². The van der Waals surface area contributed by atoms with Crippen LogP contribution >= 0.6 is 11.6 Å². The highest BCUT2D eigenvalue weighted by atomic mass is 35.5. The van der Waals surface area contributed by atoms with Crippen molar-refractivity contribution < 1.29 is 18.7 Å². The molecule has 2 amide bonds. The molecule has 2 aliphatic carbocycles. The summed E-state index contributed by atoms with van der Waals surface area (Å²) >= 11 is 6.68. The number of alkyl halides is 2. The summed E-state index contributed by atoms with van der Waals surface area (Å²) in [7, 11) is 0. The van der Waals surface area contributed by atoms with E-state index >= 15 is 0 Å². The van der Waals surface area contributed by atoms with E-state index in [1.54, 1.807) is 6.20 Å². The molecule has 4 nitrogen and oxygen atoms in total. The first kappa shape index (κ1) is 24.5. The Bertz CT molecular complexity index is 944. The van der Waals surface area contributed by atoms with Gasteiger partial charge < -0.3 is 10.4 Å². The molecule has 0 saturated heterocycles. The van der Waals surface area contributed by atoms with Crippen molar-refractivity contribution in [2.45, 2.75) is 83.7 Å².